The second-order valence-corrected chi connectivity index (χ2v) is 10.0. The predicted molar refractivity (Wildman–Crippen MR) is 132 cm³/mol. The van der Waals surface area contributed by atoms with Crippen molar-refractivity contribution in [3.8, 4) is 0 Å². The highest BCUT2D eigenvalue weighted by Crippen LogP contribution is 2.20. The molecule has 0 aliphatic heterocycles. The fourth-order valence-corrected chi connectivity index (χ4v) is 4.67. The Balaban J connectivity index is 2.16. The predicted octanol–water partition coefficient (Wildman–Crippen LogP) is 3.48. The fraction of sp³-hybridized carbons (Fsp3) is 0.440. The van der Waals surface area contributed by atoms with Gasteiger partial charge < -0.3 is 10.2 Å². The van der Waals surface area contributed by atoms with E-state index < -0.39 is 16.1 Å². The van der Waals surface area contributed by atoms with Crippen LogP contribution in [-0.2, 0) is 26.2 Å². The van der Waals surface area contributed by atoms with E-state index in [1.54, 1.807) is 17.0 Å². The molecule has 2 rings (SSSR count). The molecule has 1 unspecified atom stereocenters. The molecular weight excluding hydrogens is 438 g/mol. The van der Waals surface area contributed by atoms with Gasteiger partial charge in [-0.3, -0.25) is 13.9 Å². The maximum Gasteiger partial charge on any atom is 0.242 e. The van der Waals surface area contributed by atoms with Gasteiger partial charge in [0.1, 0.15) is 6.04 Å². The molecule has 2 aromatic rings. The van der Waals surface area contributed by atoms with E-state index in [9.17, 15) is 18.0 Å². The highest BCUT2D eigenvalue weighted by atomic mass is 32.2. The van der Waals surface area contributed by atoms with Crippen LogP contribution < -0.4 is 9.62 Å². The molecule has 2 amide bonds. The number of anilines is 1. The van der Waals surface area contributed by atoms with Crippen LogP contribution in [0.1, 0.15) is 44.2 Å². The number of likely N-dealkylation sites (N-methyl/N-ethyl adjacent to an activating group) is 1. The van der Waals surface area contributed by atoms with Gasteiger partial charge in [-0.2, -0.15) is 0 Å². The van der Waals surface area contributed by atoms with Crippen LogP contribution in [0.5, 0.6) is 0 Å². The van der Waals surface area contributed by atoms with Crippen molar-refractivity contribution >= 4 is 27.5 Å². The van der Waals surface area contributed by atoms with E-state index in [0.717, 1.165) is 11.1 Å². The molecule has 0 heterocycles. The minimum Gasteiger partial charge on any atom is -0.355 e. The summed E-state index contributed by atoms with van der Waals surface area (Å²) < 4.78 is 26.0. The minimum atomic E-state index is -3.50. The van der Waals surface area contributed by atoms with Crippen molar-refractivity contribution in [2.45, 2.75) is 52.6 Å². The summed E-state index contributed by atoms with van der Waals surface area (Å²) in [5, 5.41) is 2.82. The van der Waals surface area contributed by atoms with Crippen molar-refractivity contribution in [2.75, 3.05) is 23.7 Å². The molecule has 8 heteroatoms. The van der Waals surface area contributed by atoms with Crippen molar-refractivity contribution < 1.29 is 18.0 Å². The number of hydrogen-bond donors (Lipinski definition) is 1. The number of hydrogen-bond acceptors (Lipinski definition) is 4. The van der Waals surface area contributed by atoms with Gasteiger partial charge in [-0.1, -0.05) is 55.0 Å². The van der Waals surface area contributed by atoms with Crippen molar-refractivity contribution in [3.63, 3.8) is 0 Å². The number of amides is 2. The zero-order chi connectivity index (χ0) is 24.4. The molecule has 33 heavy (non-hydrogen) atoms. The molecule has 0 saturated carbocycles. The first-order chi connectivity index (χ1) is 15.7. The van der Waals surface area contributed by atoms with E-state index in [1.165, 1.54) is 10.6 Å². The van der Waals surface area contributed by atoms with E-state index in [-0.39, 0.29) is 24.8 Å². The summed E-state index contributed by atoms with van der Waals surface area (Å²) in [5.41, 5.74) is 2.55. The van der Waals surface area contributed by atoms with Crippen LogP contribution in [0.15, 0.2) is 54.6 Å². The highest BCUT2D eigenvalue weighted by molar-refractivity contribution is 7.92. The van der Waals surface area contributed by atoms with Crippen LogP contribution in [0.4, 0.5) is 5.69 Å². The first-order valence-corrected chi connectivity index (χ1v) is 13.2. The monoisotopic (exact) mass is 473 g/mol. The van der Waals surface area contributed by atoms with Gasteiger partial charge in [0.15, 0.2) is 0 Å². The number of benzene rings is 2. The number of carbonyl (C=O) groups is 2. The number of nitrogens with zero attached hydrogens (tertiary/aromatic N) is 2. The van der Waals surface area contributed by atoms with Crippen molar-refractivity contribution in [2.24, 2.45) is 0 Å². The largest absolute Gasteiger partial charge is 0.355 e. The molecule has 0 aliphatic carbocycles. The summed E-state index contributed by atoms with van der Waals surface area (Å²) in [4.78, 5) is 27.5. The van der Waals surface area contributed by atoms with Gasteiger partial charge in [0.05, 0.1) is 11.9 Å². The van der Waals surface area contributed by atoms with Crippen LogP contribution in [0.3, 0.4) is 0 Å². The van der Waals surface area contributed by atoms with E-state index in [2.05, 4.69) is 5.32 Å². The Bertz CT molecular complexity index is 1010. The number of aryl methyl sites for hydroxylation is 1. The lowest BCUT2D eigenvalue weighted by Crippen LogP contribution is -2.49. The van der Waals surface area contributed by atoms with Gasteiger partial charge in [-0.05, 0) is 44.4 Å². The Kier molecular flexibility index (Phi) is 9.91. The molecule has 1 N–H and O–H groups in total. The van der Waals surface area contributed by atoms with Crippen LogP contribution in [0, 0.1) is 6.92 Å². The quantitative estimate of drug-likeness (QED) is 0.511. The number of rotatable bonds is 12. The topological polar surface area (TPSA) is 86.8 Å². The first kappa shape index (κ1) is 26.4. The minimum absolute atomic E-state index is 0.140. The smallest absolute Gasteiger partial charge is 0.242 e. The van der Waals surface area contributed by atoms with Gasteiger partial charge in [0.25, 0.3) is 0 Å². The van der Waals surface area contributed by atoms with E-state index >= 15 is 0 Å². The Morgan fingerprint density at radius 3 is 2.18 bits per heavy atom. The van der Waals surface area contributed by atoms with Gasteiger partial charge in [0.2, 0.25) is 21.8 Å². The van der Waals surface area contributed by atoms with Crippen LogP contribution >= 0.6 is 0 Å². The molecule has 0 fully saturated rings. The summed E-state index contributed by atoms with van der Waals surface area (Å²) in [7, 11) is -3.50. The lowest BCUT2D eigenvalue weighted by Gasteiger charge is -2.31. The van der Waals surface area contributed by atoms with Gasteiger partial charge in [-0.15, -0.1) is 0 Å². The molecule has 180 valence electrons. The second-order valence-electron chi connectivity index (χ2n) is 8.10. The van der Waals surface area contributed by atoms with E-state index in [0.29, 0.717) is 31.6 Å². The molecule has 1 atom stereocenters. The zero-order valence-corrected chi connectivity index (χ0v) is 20.8. The summed E-state index contributed by atoms with van der Waals surface area (Å²) >= 11 is 0. The Hall–Kier alpha value is -2.87. The van der Waals surface area contributed by atoms with E-state index in [1.807, 2.05) is 63.2 Å². The molecule has 0 radical (unpaired) electrons. The molecule has 7 nitrogen and oxygen atoms in total. The SMILES string of the molecule is CCNC(=O)C(CC)N(Cc1ccccc1)C(=O)CCCN(c1ccc(C)cc1)S(C)(=O)=O. The highest BCUT2D eigenvalue weighted by Gasteiger charge is 2.28. The molecule has 0 bridgehead atoms. The van der Waals surface area contributed by atoms with Crippen molar-refractivity contribution in [1.29, 1.82) is 0 Å². The van der Waals surface area contributed by atoms with Gasteiger partial charge in [-0.25, -0.2) is 8.42 Å². The maximum atomic E-state index is 13.2. The third-order valence-corrected chi connectivity index (χ3v) is 6.60. The summed E-state index contributed by atoms with van der Waals surface area (Å²) in [5.74, 6) is -0.351. The lowest BCUT2D eigenvalue weighted by atomic mass is 10.1. The van der Waals surface area contributed by atoms with Gasteiger partial charge in [0, 0.05) is 26.1 Å². The summed E-state index contributed by atoms with van der Waals surface area (Å²) in [6, 6.07) is 16.2. The zero-order valence-electron chi connectivity index (χ0n) is 20.0. The average Bonchev–Trinajstić information content (AvgIpc) is 2.77. The van der Waals surface area contributed by atoms with Crippen LogP contribution in [0.25, 0.3) is 0 Å². The average molecular weight is 474 g/mol. The number of nitrogens with one attached hydrogen (secondary N) is 1. The summed E-state index contributed by atoms with van der Waals surface area (Å²) in [6.07, 6.45) is 2.14. The molecule has 0 spiro atoms. The number of sulfonamides is 1. The molecule has 0 aliphatic rings. The third kappa shape index (κ3) is 7.89. The number of carbonyl (C=O) groups excluding carboxylic acids is 2. The molecule has 0 saturated heterocycles. The first-order valence-electron chi connectivity index (χ1n) is 11.3. The standard InChI is InChI=1S/C25H35N3O4S/c1-5-23(25(30)26-6-2)27(19-21-11-8-7-9-12-21)24(29)13-10-18-28(33(4,31)32)22-16-14-20(3)15-17-22/h7-9,11-12,14-17,23H,5-6,10,13,18-19H2,1-4H3,(H,26,30). The van der Waals surface area contributed by atoms with Crippen molar-refractivity contribution in [3.05, 3.63) is 65.7 Å². The third-order valence-electron chi connectivity index (χ3n) is 5.41. The molecular formula is C25H35N3O4S. The van der Waals surface area contributed by atoms with Crippen LogP contribution in [0.2, 0.25) is 0 Å². The Morgan fingerprint density at radius 2 is 1.64 bits per heavy atom. The Labute approximate surface area is 197 Å². The second kappa shape index (κ2) is 12.4. The maximum absolute atomic E-state index is 13.2. The molecule has 0 aromatic heterocycles. The van der Waals surface area contributed by atoms with Crippen molar-refractivity contribution in [1.82, 2.24) is 10.2 Å². The fourth-order valence-electron chi connectivity index (χ4n) is 3.71. The summed E-state index contributed by atoms with van der Waals surface area (Å²) in [6.45, 7) is 6.66. The van der Waals surface area contributed by atoms with Gasteiger partial charge >= 0.3 is 0 Å². The Morgan fingerprint density at radius 1 is 1.00 bits per heavy atom. The van der Waals surface area contributed by atoms with Crippen LogP contribution in [-0.4, -0.2) is 50.5 Å². The van der Waals surface area contributed by atoms with E-state index in [4.69, 9.17) is 0 Å². The molecule has 2 aromatic carbocycles. The normalized spacial score (nSPS) is 12.1. The lowest BCUT2D eigenvalue weighted by molar-refractivity contribution is -0.141.